The molecule has 1 fully saturated rings. The summed E-state index contributed by atoms with van der Waals surface area (Å²) in [5.41, 5.74) is -3.36. The third-order valence-corrected chi connectivity index (χ3v) is 4.11. The Morgan fingerprint density at radius 1 is 1.19 bits per heavy atom. The van der Waals surface area contributed by atoms with Crippen molar-refractivity contribution in [2.24, 2.45) is 0 Å². The van der Waals surface area contributed by atoms with Gasteiger partial charge in [-0.1, -0.05) is 0 Å². The van der Waals surface area contributed by atoms with Crippen LogP contribution in [0.15, 0.2) is 24.3 Å². The van der Waals surface area contributed by atoms with Crippen LogP contribution in [-0.2, 0) is 14.3 Å². The van der Waals surface area contributed by atoms with Gasteiger partial charge in [0.05, 0.1) is 26.9 Å². The Morgan fingerprint density at radius 3 is 2.26 bits per heavy atom. The van der Waals surface area contributed by atoms with Crippen LogP contribution in [0.4, 0.5) is 13.2 Å². The van der Waals surface area contributed by atoms with Gasteiger partial charge in [-0.2, -0.15) is 13.2 Å². The maximum absolute atomic E-state index is 14.1. The van der Waals surface area contributed by atoms with Crippen LogP contribution in [-0.4, -0.2) is 68.6 Å². The second-order valence-electron chi connectivity index (χ2n) is 5.71. The molecule has 0 bridgehead atoms. The number of esters is 1. The van der Waals surface area contributed by atoms with Crippen LogP contribution in [0.1, 0.15) is 17.3 Å². The third kappa shape index (κ3) is 4.33. The Hall–Kier alpha value is -2.33. The van der Waals surface area contributed by atoms with E-state index in [1.807, 2.05) is 5.32 Å². The van der Waals surface area contributed by atoms with Gasteiger partial charge in [0.2, 0.25) is 0 Å². The number of nitrogens with one attached hydrogen (secondary N) is 1. The van der Waals surface area contributed by atoms with Gasteiger partial charge in [0, 0.05) is 18.7 Å². The summed E-state index contributed by atoms with van der Waals surface area (Å²) < 4.78 is 57.1. The fourth-order valence-electron chi connectivity index (χ4n) is 2.74. The van der Waals surface area contributed by atoms with Crippen LogP contribution in [0.3, 0.4) is 0 Å². The van der Waals surface area contributed by atoms with Gasteiger partial charge in [-0.3, -0.25) is 9.69 Å². The maximum Gasteiger partial charge on any atom is 0.436 e. The van der Waals surface area contributed by atoms with Crippen molar-refractivity contribution in [3.8, 4) is 5.75 Å². The number of benzene rings is 1. The highest BCUT2D eigenvalue weighted by atomic mass is 19.4. The number of nitrogens with zero attached hydrogens (tertiary/aromatic N) is 1. The summed E-state index contributed by atoms with van der Waals surface area (Å²) in [5.74, 6) is -2.21. The van der Waals surface area contributed by atoms with Gasteiger partial charge < -0.3 is 19.5 Å². The molecule has 1 N–H and O–H groups in total. The van der Waals surface area contributed by atoms with E-state index in [0.29, 0.717) is 5.75 Å². The van der Waals surface area contributed by atoms with Crippen LogP contribution in [0.2, 0.25) is 0 Å². The number of hydrogen-bond donors (Lipinski definition) is 1. The molecule has 1 saturated heterocycles. The Labute approximate surface area is 154 Å². The Bertz CT molecular complexity index is 660. The summed E-state index contributed by atoms with van der Waals surface area (Å²) in [6.07, 6.45) is -5.11. The van der Waals surface area contributed by atoms with Crippen molar-refractivity contribution in [3.05, 3.63) is 29.8 Å². The average molecular weight is 390 g/mol. The summed E-state index contributed by atoms with van der Waals surface area (Å²) in [5, 5.41) is 1.87. The fourth-order valence-corrected chi connectivity index (χ4v) is 2.74. The van der Waals surface area contributed by atoms with E-state index < -0.39 is 23.7 Å². The molecule has 150 valence electrons. The minimum Gasteiger partial charge on any atom is -0.497 e. The topological polar surface area (TPSA) is 77.1 Å². The monoisotopic (exact) mass is 390 g/mol. The smallest absolute Gasteiger partial charge is 0.436 e. The van der Waals surface area contributed by atoms with E-state index in [1.54, 1.807) is 0 Å². The first kappa shape index (κ1) is 21.0. The van der Waals surface area contributed by atoms with Crippen molar-refractivity contribution in [1.29, 1.82) is 0 Å². The van der Waals surface area contributed by atoms with Crippen LogP contribution in [0, 0.1) is 0 Å². The molecule has 0 saturated carbocycles. The van der Waals surface area contributed by atoms with Gasteiger partial charge in [-0.05, 0) is 31.2 Å². The molecule has 1 aliphatic heterocycles. The number of halogens is 3. The largest absolute Gasteiger partial charge is 0.497 e. The van der Waals surface area contributed by atoms with E-state index in [-0.39, 0.29) is 38.5 Å². The van der Waals surface area contributed by atoms with Gasteiger partial charge in [-0.15, -0.1) is 0 Å². The number of hydrogen-bond acceptors (Lipinski definition) is 6. The number of amides is 1. The quantitative estimate of drug-likeness (QED) is 0.744. The minimum atomic E-state index is -5.11. The zero-order valence-corrected chi connectivity index (χ0v) is 15.0. The number of rotatable bonds is 6. The van der Waals surface area contributed by atoms with Crippen molar-refractivity contribution in [2.45, 2.75) is 18.8 Å². The number of methoxy groups -OCH3 is 1. The molecule has 0 spiro atoms. The molecular formula is C17H21F3N2O5. The number of ether oxygens (including phenoxy) is 3. The van der Waals surface area contributed by atoms with Gasteiger partial charge >= 0.3 is 12.1 Å². The normalized spacial score (nSPS) is 17.7. The molecule has 0 aromatic heterocycles. The molecule has 1 amide bonds. The summed E-state index contributed by atoms with van der Waals surface area (Å²) in [7, 11) is 1.42. The first-order valence-corrected chi connectivity index (χ1v) is 8.29. The zero-order chi connectivity index (χ0) is 20.1. The highest BCUT2D eigenvalue weighted by Crippen LogP contribution is 2.36. The second-order valence-corrected chi connectivity index (χ2v) is 5.71. The second kappa shape index (κ2) is 8.57. The predicted octanol–water partition coefficient (Wildman–Crippen LogP) is 1.58. The van der Waals surface area contributed by atoms with E-state index in [9.17, 15) is 22.8 Å². The molecule has 1 aromatic rings. The number of morpholine rings is 1. The van der Waals surface area contributed by atoms with Crippen molar-refractivity contribution >= 4 is 11.9 Å². The summed E-state index contributed by atoms with van der Waals surface area (Å²) in [4.78, 5) is 25.8. The fraction of sp³-hybridized carbons (Fsp3) is 0.529. The molecule has 0 aliphatic carbocycles. The standard InChI is InChI=1S/C17H21F3N2O5/c1-3-27-15(24)16(17(18,19)20,22-8-10-26-11-9-22)21-14(23)12-4-6-13(25-2)7-5-12/h4-7H,3,8-11H2,1-2H3,(H,21,23)/t16-/m0/s1. The van der Waals surface area contributed by atoms with Crippen molar-refractivity contribution in [2.75, 3.05) is 40.0 Å². The molecule has 0 radical (unpaired) electrons. The summed E-state index contributed by atoms with van der Waals surface area (Å²) >= 11 is 0. The molecule has 0 unspecified atom stereocenters. The number of carbonyl (C=O) groups is 2. The van der Waals surface area contributed by atoms with E-state index in [0.717, 1.165) is 4.90 Å². The summed E-state index contributed by atoms with van der Waals surface area (Å²) in [6.45, 7) is 0.733. The van der Waals surface area contributed by atoms with Crippen LogP contribution < -0.4 is 10.1 Å². The highest BCUT2D eigenvalue weighted by molar-refractivity contribution is 5.98. The molecule has 1 heterocycles. The lowest BCUT2D eigenvalue weighted by molar-refractivity contribution is -0.253. The number of carbonyl (C=O) groups excluding carboxylic acids is 2. The molecule has 1 aliphatic rings. The molecule has 1 atom stereocenters. The van der Waals surface area contributed by atoms with E-state index in [1.165, 1.54) is 38.3 Å². The SMILES string of the molecule is CCOC(=O)[C@](NC(=O)c1ccc(OC)cc1)(N1CCOCC1)C(F)(F)F. The molecule has 2 rings (SSSR count). The van der Waals surface area contributed by atoms with Crippen LogP contribution in [0.25, 0.3) is 0 Å². The van der Waals surface area contributed by atoms with E-state index >= 15 is 0 Å². The highest BCUT2D eigenvalue weighted by Gasteiger charge is 2.66. The van der Waals surface area contributed by atoms with Crippen molar-refractivity contribution < 1.29 is 37.0 Å². The molecule has 7 nitrogen and oxygen atoms in total. The van der Waals surface area contributed by atoms with E-state index in [4.69, 9.17) is 9.47 Å². The lowest BCUT2D eigenvalue weighted by Gasteiger charge is -2.44. The zero-order valence-electron chi connectivity index (χ0n) is 15.0. The maximum atomic E-state index is 14.1. The van der Waals surface area contributed by atoms with Crippen molar-refractivity contribution in [1.82, 2.24) is 10.2 Å². The first-order valence-electron chi connectivity index (χ1n) is 8.29. The molecule has 10 heteroatoms. The molecular weight excluding hydrogens is 369 g/mol. The van der Waals surface area contributed by atoms with Gasteiger partial charge in [-0.25, -0.2) is 4.79 Å². The lowest BCUT2D eigenvalue weighted by atomic mass is 10.0. The van der Waals surface area contributed by atoms with Crippen molar-refractivity contribution in [3.63, 3.8) is 0 Å². The lowest BCUT2D eigenvalue weighted by Crippen LogP contribution is -2.75. The average Bonchev–Trinajstić information content (AvgIpc) is 2.65. The van der Waals surface area contributed by atoms with Gasteiger partial charge in [0.1, 0.15) is 5.75 Å². The van der Waals surface area contributed by atoms with Gasteiger partial charge in [0.25, 0.3) is 11.6 Å². The van der Waals surface area contributed by atoms with E-state index in [2.05, 4.69) is 4.74 Å². The Kier molecular flexibility index (Phi) is 6.66. The first-order chi connectivity index (χ1) is 12.8. The third-order valence-electron chi connectivity index (χ3n) is 4.11. The predicted molar refractivity (Wildman–Crippen MR) is 88.3 cm³/mol. The molecule has 1 aromatic carbocycles. The Balaban J connectivity index is 2.42. The minimum absolute atomic E-state index is 0.00432. The molecule has 27 heavy (non-hydrogen) atoms. The Morgan fingerprint density at radius 2 is 1.78 bits per heavy atom. The number of alkyl halides is 3. The van der Waals surface area contributed by atoms with Crippen LogP contribution >= 0.6 is 0 Å². The summed E-state index contributed by atoms with van der Waals surface area (Å²) in [6, 6.07) is 5.48. The van der Waals surface area contributed by atoms with Gasteiger partial charge in [0.15, 0.2) is 0 Å². The van der Waals surface area contributed by atoms with Crippen LogP contribution in [0.5, 0.6) is 5.75 Å².